The van der Waals surface area contributed by atoms with E-state index in [-0.39, 0.29) is 0 Å². The molecule has 0 saturated carbocycles. The van der Waals surface area contributed by atoms with Crippen molar-refractivity contribution in [2.45, 2.75) is 32.9 Å². The molecule has 1 heterocycles. The first-order chi connectivity index (χ1) is 6.69. The van der Waals surface area contributed by atoms with E-state index in [0.717, 1.165) is 18.1 Å². The highest BCUT2D eigenvalue weighted by molar-refractivity contribution is 7.15. The second kappa shape index (κ2) is 5.32. The summed E-state index contributed by atoms with van der Waals surface area (Å²) < 4.78 is 0. The van der Waals surface area contributed by atoms with Gasteiger partial charge in [-0.15, -0.1) is 11.3 Å². The van der Waals surface area contributed by atoms with E-state index in [4.69, 9.17) is 0 Å². The Morgan fingerprint density at radius 1 is 1.64 bits per heavy atom. The lowest BCUT2D eigenvalue weighted by Gasteiger charge is -2.22. The Labute approximate surface area is 90.2 Å². The van der Waals surface area contributed by atoms with Crippen molar-refractivity contribution in [3.8, 4) is 0 Å². The van der Waals surface area contributed by atoms with Crippen molar-refractivity contribution in [1.29, 1.82) is 0 Å². The second-order valence-corrected chi connectivity index (χ2v) is 4.60. The lowest BCUT2D eigenvalue weighted by atomic mass is 10.2. The third-order valence-electron chi connectivity index (χ3n) is 2.45. The first kappa shape index (κ1) is 11.5. The highest BCUT2D eigenvalue weighted by Crippen LogP contribution is 2.23. The van der Waals surface area contributed by atoms with Gasteiger partial charge < -0.3 is 10.2 Å². The minimum atomic E-state index is 0.559. The van der Waals surface area contributed by atoms with Crippen LogP contribution in [0.2, 0.25) is 0 Å². The van der Waals surface area contributed by atoms with Crippen LogP contribution in [0, 0.1) is 0 Å². The van der Waals surface area contributed by atoms with Crippen molar-refractivity contribution in [1.82, 2.24) is 10.3 Å². The smallest absolute Gasteiger partial charge is 0.185 e. The first-order valence-corrected chi connectivity index (χ1v) is 5.82. The van der Waals surface area contributed by atoms with Gasteiger partial charge in [0.05, 0.1) is 0 Å². The fourth-order valence-electron chi connectivity index (χ4n) is 1.18. The molecule has 14 heavy (non-hydrogen) atoms. The molecule has 0 aliphatic heterocycles. The molecule has 0 spiro atoms. The Balaban J connectivity index is 2.65. The van der Waals surface area contributed by atoms with Gasteiger partial charge in [0.25, 0.3) is 0 Å². The van der Waals surface area contributed by atoms with Gasteiger partial charge >= 0.3 is 0 Å². The fraction of sp³-hybridized carbons (Fsp3) is 0.700. The van der Waals surface area contributed by atoms with Gasteiger partial charge in [-0.3, -0.25) is 0 Å². The van der Waals surface area contributed by atoms with Crippen LogP contribution in [-0.2, 0) is 6.54 Å². The molecule has 1 aromatic heterocycles. The van der Waals surface area contributed by atoms with Crippen molar-refractivity contribution in [3.05, 3.63) is 11.1 Å². The Morgan fingerprint density at radius 2 is 2.36 bits per heavy atom. The lowest BCUT2D eigenvalue weighted by Crippen LogP contribution is -2.27. The number of thiazole rings is 1. The van der Waals surface area contributed by atoms with E-state index in [9.17, 15) is 0 Å². The molecule has 0 radical (unpaired) electrons. The van der Waals surface area contributed by atoms with Crippen LogP contribution in [0.1, 0.15) is 25.1 Å². The molecule has 1 unspecified atom stereocenters. The molecule has 0 bridgehead atoms. The maximum absolute atomic E-state index is 4.41. The summed E-state index contributed by atoms with van der Waals surface area (Å²) in [6.07, 6.45) is 3.10. The van der Waals surface area contributed by atoms with Gasteiger partial charge in [-0.25, -0.2) is 4.98 Å². The van der Waals surface area contributed by atoms with Gasteiger partial charge in [0.2, 0.25) is 0 Å². The fourth-order valence-corrected chi connectivity index (χ4v) is 2.16. The third kappa shape index (κ3) is 2.69. The third-order valence-corrected chi connectivity index (χ3v) is 3.53. The monoisotopic (exact) mass is 213 g/mol. The standard InChI is InChI=1S/C10H19N3S/c1-5-8(2)13(4)10-12-7-9(14-10)6-11-3/h7-8,11H,5-6H2,1-4H3. The molecule has 4 heteroatoms. The molecule has 0 amide bonds. The van der Waals surface area contributed by atoms with Gasteiger partial charge in [0, 0.05) is 30.7 Å². The molecule has 0 saturated heterocycles. The average molecular weight is 213 g/mol. The number of anilines is 1. The van der Waals surface area contributed by atoms with Crippen molar-refractivity contribution in [2.24, 2.45) is 0 Å². The maximum Gasteiger partial charge on any atom is 0.185 e. The topological polar surface area (TPSA) is 28.2 Å². The quantitative estimate of drug-likeness (QED) is 0.812. The van der Waals surface area contributed by atoms with Gasteiger partial charge in [0.1, 0.15) is 0 Å². The van der Waals surface area contributed by atoms with Crippen LogP contribution in [0.3, 0.4) is 0 Å². The van der Waals surface area contributed by atoms with E-state index in [1.54, 1.807) is 11.3 Å². The molecule has 3 nitrogen and oxygen atoms in total. The summed E-state index contributed by atoms with van der Waals surface area (Å²) in [5.74, 6) is 0. The molecule has 0 fully saturated rings. The van der Waals surface area contributed by atoms with Gasteiger partial charge in [-0.05, 0) is 20.4 Å². The van der Waals surface area contributed by atoms with E-state index < -0.39 is 0 Å². The first-order valence-electron chi connectivity index (χ1n) is 5.01. The van der Waals surface area contributed by atoms with Gasteiger partial charge in [0.15, 0.2) is 5.13 Å². The van der Waals surface area contributed by atoms with E-state index >= 15 is 0 Å². The Kier molecular flexibility index (Phi) is 4.35. The highest BCUT2D eigenvalue weighted by atomic mass is 32.1. The molecule has 0 aliphatic rings. The van der Waals surface area contributed by atoms with Crippen LogP contribution in [-0.4, -0.2) is 25.1 Å². The normalized spacial score (nSPS) is 12.9. The SMILES string of the molecule is CCC(C)N(C)c1ncc(CNC)s1. The average Bonchev–Trinajstić information content (AvgIpc) is 2.64. The second-order valence-electron chi connectivity index (χ2n) is 3.51. The van der Waals surface area contributed by atoms with Crippen LogP contribution < -0.4 is 10.2 Å². The number of rotatable bonds is 5. The summed E-state index contributed by atoms with van der Waals surface area (Å²) >= 11 is 1.76. The zero-order chi connectivity index (χ0) is 10.6. The summed E-state index contributed by atoms with van der Waals surface area (Å²) in [7, 11) is 4.06. The molecule has 1 atom stereocenters. The molecule has 80 valence electrons. The number of hydrogen-bond donors (Lipinski definition) is 1. The Bertz CT molecular complexity index is 272. The number of nitrogens with zero attached hydrogens (tertiary/aromatic N) is 2. The minimum absolute atomic E-state index is 0.559. The van der Waals surface area contributed by atoms with E-state index in [0.29, 0.717) is 6.04 Å². The van der Waals surface area contributed by atoms with Crippen LogP contribution in [0.25, 0.3) is 0 Å². The summed E-state index contributed by atoms with van der Waals surface area (Å²) in [5.41, 5.74) is 0. The molecule has 1 aromatic rings. The van der Waals surface area contributed by atoms with Crippen LogP contribution in [0.4, 0.5) is 5.13 Å². The summed E-state index contributed by atoms with van der Waals surface area (Å²) in [4.78, 5) is 7.94. The van der Waals surface area contributed by atoms with Crippen LogP contribution in [0.15, 0.2) is 6.20 Å². The number of nitrogens with one attached hydrogen (secondary N) is 1. The van der Waals surface area contributed by atoms with E-state index in [1.807, 2.05) is 13.2 Å². The number of aromatic nitrogens is 1. The van der Waals surface area contributed by atoms with Crippen LogP contribution in [0.5, 0.6) is 0 Å². The van der Waals surface area contributed by atoms with Gasteiger partial charge in [-0.1, -0.05) is 6.92 Å². The highest BCUT2D eigenvalue weighted by Gasteiger charge is 2.11. The predicted molar refractivity (Wildman–Crippen MR) is 63.0 cm³/mol. The summed E-state index contributed by atoms with van der Waals surface area (Å²) in [5, 5.41) is 4.25. The molecule has 0 aromatic carbocycles. The summed E-state index contributed by atoms with van der Waals surface area (Å²) in [6, 6.07) is 0.559. The van der Waals surface area contributed by atoms with Gasteiger partial charge in [-0.2, -0.15) is 0 Å². The van der Waals surface area contributed by atoms with Crippen LogP contribution >= 0.6 is 11.3 Å². The molecule has 0 aliphatic carbocycles. The van der Waals surface area contributed by atoms with E-state index in [2.05, 4.69) is 36.1 Å². The Hall–Kier alpha value is -0.610. The Morgan fingerprint density at radius 3 is 2.93 bits per heavy atom. The zero-order valence-corrected chi connectivity index (χ0v) is 10.2. The molecular formula is C10H19N3S. The predicted octanol–water partition coefficient (Wildman–Crippen LogP) is 2.10. The minimum Gasteiger partial charge on any atom is -0.348 e. The molecule has 1 rings (SSSR count). The van der Waals surface area contributed by atoms with Crippen molar-refractivity contribution in [2.75, 3.05) is 19.0 Å². The van der Waals surface area contributed by atoms with Crippen molar-refractivity contribution < 1.29 is 0 Å². The zero-order valence-electron chi connectivity index (χ0n) is 9.37. The lowest BCUT2D eigenvalue weighted by molar-refractivity contribution is 0.662. The summed E-state index contributed by atoms with van der Waals surface area (Å²) in [6.45, 7) is 5.33. The maximum atomic E-state index is 4.41. The van der Waals surface area contributed by atoms with Crippen molar-refractivity contribution >= 4 is 16.5 Å². The van der Waals surface area contributed by atoms with Crippen molar-refractivity contribution in [3.63, 3.8) is 0 Å². The largest absolute Gasteiger partial charge is 0.348 e. The number of hydrogen-bond acceptors (Lipinski definition) is 4. The molecular weight excluding hydrogens is 194 g/mol. The molecule has 1 N–H and O–H groups in total. The van der Waals surface area contributed by atoms with E-state index in [1.165, 1.54) is 4.88 Å².